The molecule has 1 aliphatic carbocycles. The molecule has 6 rings (SSSR count). The average molecular weight is 604 g/mol. The summed E-state index contributed by atoms with van der Waals surface area (Å²) in [6, 6.07) is 5.69. The van der Waals surface area contributed by atoms with Gasteiger partial charge in [-0.3, -0.25) is 19.4 Å². The molecule has 1 aliphatic rings. The molecule has 5 heterocycles. The predicted octanol–water partition coefficient (Wildman–Crippen LogP) is 4.54. The van der Waals surface area contributed by atoms with Crippen molar-refractivity contribution in [2.75, 3.05) is 7.11 Å². The van der Waals surface area contributed by atoms with Crippen molar-refractivity contribution in [1.82, 2.24) is 24.7 Å². The van der Waals surface area contributed by atoms with Crippen LogP contribution < -0.4 is 10.3 Å². The van der Waals surface area contributed by atoms with Gasteiger partial charge in [0.2, 0.25) is 0 Å². The summed E-state index contributed by atoms with van der Waals surface area (Å²) in [5.74, 6) is 7.06. The third kappa shape index (κ3) is 6.30. The van der Waals surface area contributed by atoms with E-state index >= 15 is 0 Å². The molecule has 0 spiro atoms. The van der Waals surface area contributed by atoms with E-state index in [-0.39, 0.29) is 50.3 Å². The summed E-state index contributed by atoms with van der Waals surface area (Å²) in [6.07, 6.45) is 6.67. The number of nitrogens with zero attached hydrogens (tertiary/aromatic N) is 5. The van der Waals surface area contributed by atoms with Crippen LogP contribution in [0.1, 0.15) is 35.5 Å². The standard InChI is InChI=1S/C20H12F2N3O4.C7H5N2S.Ni/c1-28-17-9-23-15(19(21)22)6-14(17)13-7-18(24-8-11(13)10-26)25-4-2-16-12(20(25)27)3-5-29-16;1-2-6(1)3-4-7-9-8-5-10-7;/h2-9,19H,1H3;6H,1-2H2;/q2*-1;+2. The quantitative estimate of drug-likeness (QED) is 0.163. The molecule has 0 unspecified atom stereocenters. The van der Waals surface area contributed by atoms with Crippen molar-refractivity contribution in [3.05, 3.63) is 81.2 Å². The number of fused-ring (bicyclic) bond motifs is 1. The number of pyridine rings is 3. The molecule has 0 atom stereocenters. The van der Waals surface area contributed by atoms with E-state index in [2.05, 4.69) is 37.5 Å². The molecule has 13 heteroatoms. The second-order valence-corrected chi connectivity index (χ2v) is 9.01. The molecule has 5 aromatic heterocycles. The molecular weight excluding hydrogens is 587 g/mol. The Morgan fingerprint density at radius 3 is 2.73 bits per heavy atom. The molecule has 0 bridgehead atoms. The number of methoxy groups -OCH3 is 1. The van der Waals surface area contributed by atoms with Crippen LogP contribution in [-0.4, -0.2) is 38.1 Å². The molecule has 1 saturated carbocycles. The largest absolute Gasteiger partial charge is 2.00 e. The first-order valence-electron chi connectivity index (χ1n) is 11.5. The first-order valence-corrected chi connectivity index (χ1v) is 12.3. The molecular formula is C27H17F2N5NiO4S. The van der Waals surface area contributed by atoms with Crippen molar-refractivity contribution in [2.24, 2.45) is 5.92 Å². The van der Waals surface area contributed by atoms with Gasteiger partial charge in [0.15, 0.2) is 0 Å². The van der Waals surface area contributed by atoms with Gasteiger partial charge < -0.3 is 30.3 Å². The van der Waals surface area contributed by atoms with Gasteiger partial charge in [0, 0.05) is 17.1 Å². The van der Waals surface area contributed by atoms with Crippen LogP contribution in [0.3, 0.4) is 0 Å². The van der Waals surface area contributed by atoms with Crippen LogP contribution in [0.25, 0.3) is 27.9 Å². The maximum atomic E-state index is 13.1. The number of alkyl halides is 2. The molecule has 1 fully saturated rings. The van der Waals surface area contributed by atoms with E-state index in [1.807, 2.05) is 0 Å². The topological polar surface area (TPSA) is 113 Å². The summed E-state index contributed by atoms with van der Waals surface area (Å²) in [5, 5.41) is 8.45. The molecule has 0 aromatic carbocycles. The third-order valence-electron chi connectivity index (χ3n) is 5.67. The first-order chi connectivity index (χ1) is 19.0. The fourth-order valence-corrected chi connectivity index (χ4v) is 3.93. The zero-order valence-corrected chi connectivity index (χ0v) is 22.3. The van der Waals surface area contributed by atoms with Gasteiger partial charge in [-0.25, -0.2) is 13.9 Å². The summed E-state index contributed by atoms with van der Waals surface area (Å²) in [4.78, 5) is 31.9. The fraction of sp³-hybridized carbons (Fsp3) is 0.185. The van der Waals surface area contributed by atoms with Crippen molar-refractivity contribution in [3.63, 3.8) is 0 Å². The molecule has 40 heavy (non-hydrogen) atoms. The molecule has 0 aliphatic heterocycles. The maximum absolute atomic E-state index is 13.1. The van der Waals surface area contributed by atoms with E-state index in [0.29, 0.717) is 16.9 Å². The SMILES string of the molecule is C(#CC1CC1)c1nn[c-]s1.COc1cnc(C(F)F)cc1-c1cc(-n2ccc3occc3c2=O)ncc1[C-]=O.[Ni+2]. The Labute approximate surface area is 240 Å². The Bertz CT molecular complexity index is 1760. The van der Waals surface area contributed by atoms with Gasteiger partial charge in [-0.05, 0) is 36.6 Å². The maximum Gasteiger partial charge on any atom is 2.00 e. The van der Waals surface area contributed by atoms with Crippen molar-refractivity contribution < 1.29 is 39.2 Å². The van der Waals surface area contributed by atoms with Crippen LogP contribution in [0.5, 0.6) is 5.75 Å². The van der Waals surface area contributed by atoms with Crippen LogP contribution in [0.4, 0.5) is 8.78 Å². The minimum Gasteiger partial charge on any atom is -0.496 e. The molecule has 0 N–H and O–H groups in total. The molecule has 9 nitrogen and oxygen atoms in total. The van der Waals surface area contributed by atoms with E-state index in [4.69, 9.17) is 9.15 Å². The summed E-state index contributed by atoms with van der Waals surface area (Å²) >= 11 is 1.37. The van der Waals surface area contributed by atoms with Crippen molar-refractivity contribution in [1.29, 1.82) is 0 Å². The number of ether oxygens (including phenoxy) is 1. The van der Waals surface area contributed by atoms with Crippen LogP contribution >= 0.6 is 11.3 Å². The molecule has 0 radical (unpaired) electrons. The average Bonchev–Trinajstić information content (AvgIpc) is 3.41. The zero-order valence-electron chi connectivity index (χ0n) is 20.5. The molecule has 0 saturated heterocycles. The van der Waals surface area contributed by atoms with Gasteiger partial charge in [-0.15, -0.1) is 23.0 Å². The molecule has 0 amide bonds. The monoisotopic (exact) mass is 603 g/mol. The van der Waals surface area contributed by atoms with Crippen LogP contribution in [0.15, 0.2) is 58.3 Å². The summed E-state index contributed by atoms with van der Waals surface area (Å²) in [7, 11) is 1.35. The minimum atomic E-state index is -2.81. The van der Waals surface area contributed by atoms with Crippen LogP contribution in [-0.2, 0) is 21.3 Å². The van der Waals surface area contributed by atoms with Gasteiger partial charge >= 0.3 is 16.5 Å². The Hall–Kier alpha value is -4.27. The van der Waals surface area contributed by atoms with Crippen LogP contribution in [0.2, 0.25) is 0 Å². The van der Waals surface area contributed by atoms with Crippen molar-refractivity contribution in [3.8, 4) is 34.5 Å². The number of halogens is 2. The number of hydrogen-bond acceptors (Lipinski definition) is 9. The van der Waals surface area contributed by atoms with Gasteiger partial charge in [0.25, 0.3) is 12.0 Å². The number of furan rings is 1. The normalized spacial score (nSPS) is 12.1. The Balaban J connectivity index is 0.000000282. The number of hydrogen-bond donors (Lipinski definition) is 0. The van der Waals surface area contributed by atoms with Crippen molar-refractivity contribution >= 4 is 28.6 Å². The second-order valence-electron chi connectivity index (χ2n) is 8.23. The molecule has 204 valence electrons. The Morgan fingerprint density at radius 1 is 1.23 bits per heavy atom. The smallest absolute Gasteiger partial charge is 0.496 e. The number of aromatic nitrogens is 5. The van der Waals surface area contributed by atoms with E-state index in [1.165, 1.54) is 66.6 Å². The summed E-state index contributed by atoms with van der Waals surface area (Å²) in [5.41, 5.74) is 2.67. The minimum absolute atomic E-state index is 0. The van der Waals surface area contributed by atoms with Gasteiger partial charge in [-0.1, -0.05) is 17.8 Å². The Kier molecular flexibility index (Phi) is 9.14. The first kappa shape index (κ1) is 28.7. The number of carbonyl (C=O) groups excluding carboxylic acids is 1. The Morgan fingerprint density at radius 2 is 2.05 bits per heavy atom. The van der Waals surface area contributed by atoms with E-state index in [1.54, 1.807) is 12.4 Å². The molecule has 5 aromatic rings. The van der Waals surface area contributed by atoms with Crippen LogP contribution in [0, 0.1) is 23.3 Å². The predicted molar refractivity (Wildman–Crippen MR) is 137 cm³/mol. The summed E-state index contributed by atoms with van der Waals surface area (Å²) in [6.45, 7) is 0. The van der Waals surface area contributed by atoms with Gasteiger partial charge in [0.05, 0.1) is 31.2 Å². The number of rotatable bonds is 5. The van der Waals surface area contributed by atoms with E-state index in [0.717, 1.165) is 17.3 Å². The van der Waals surface area contributed by atoms with Gasteiger partial charge in [-0.2, -0.15) is 0 Å². The van der Waals surface area contributed by atoms with E-state index in [9.17, 15) is 18.4 Å². The zero-order chi connectivity index (χ0) is 27.4. The van der Waals surface area contributed by atoms with E-state index < -0.39 is 12.1 Å². The van der Waals surface area contributed by atoms with Crippen molar-refractivity contribution in [2.45, 2.75) is 19.3 Å². The third-order valence-corrected chi connectivity index (χ3v) is 6.22. The second kappa shape index (κ2) is 12.7. The van der Waals surface area contributed by atoms with Gasteiger partial charge in [0.1, 0.15) is 22.8 Å². The summed E-state index contributed by atoms with van der Waals surface area (Å²) < 4.78 is 38.0. The fourth-order valence-electron chi connectivity index (χ4n) is 3.57.